The molecule has 2 atom stereocenters. The number of para-hydroxylation sites is 1. The zero-order valence-corrected chi connectivity index (χ0v) is 9.23. The van der Waals surface area contributed by atoms with Crippen molar-refractivity contribution in [2.45, 2.75) is 5.89 Å². The van der Waals surface area contributed by atoms with Crippen molar-refractivity contribution in [3.05, 3.63) is 29.8 Å². The molecular weight excluding hydrogens is 254 g/mol. The minimum absolute atomic E-state index is 0.0713. The van der Waals surface area contributed by atoms with E-state index in [9.17, 15) is 19.6 Å². The number of imide groups is 1. The first-order chi connectivity index (χ1) is 10.2. The lowest BCUT2D eigenvalue weighted by atomic mass is 9.98. The first kappa shape index (κ1) is 8.51. The molecule has 2 unspecified atom stereocenters. The summed E-state index contributed by atoms with van der Waals surface area (Å²) >= 11 is 0. The van der Waals surface area contributed by atoms with Gasteiger partial charge in [0.05, 0.1) is 7.06 Å². The van der Waals surface area contributed by atoms with Crippen LogP contribution < -0.4 is 5.72 Å². The number of primary amides is 1. The Labute approximate surface area is 110 Å². The molecule has 1 saturated heterocycles. The highest BCUT2D eigenvalue weighted by atomic mass is 17.0. The summed E-state index contributed by atoms with van der Waals surface area (Å²) in [5.41, 5.74) is -0.844. The lowest BCUT2D eigenvalue weighted by Gasteiger charge is -2.14. The van der Waals surface area contributed by atoms with Gasteiger partial charge in [-0.05, 0) is 6.07 Å². The second-order valence-corrected chi connectivity index (χ2v) is 3.90. The molecule has 1 aromatic carbocycles. The number of quaternary nitrogens is 1. The number of hydroxylamine groups is 4. The van der Waals surface area contributed by atoms with Gasteiger partial charge in [-0.25, -0.2) is 24.2 Å². The van der Waals surface area contributed by atoms with Crippen LogP contribution in [0.1, 0.15) is 12.8 Å². The second-order valence-electron chi connectivity index (χ2n) is 3.90. The molecule has 8 heteroatoms. The van der Waals surface area contributed by atoms with Crippen molar-refractivity contribution in [3.63, 3.8) is 0 Å². The summed E-state index contributed by atoms with van der Waals surface area (Å²) in [5.74, 6) is -5.18. The number of hydrogen-bond donors (Lipinski definition) is 2. The third-order valence-electron chi connectivity index (χ3n) is 2.82. The Kier molecular flexibility index (Phi) is 1.55. The van der Waals surface area contributed by atoms with Gasteiger partial charge in [0.2, 0.25) is 0 Å². The SMILES string of the molecule is [2H]N([2H])C(=O)O[N+]1(O)C(=O)C2=Nc3ccccc3C2([2H])C1=O. The van der Waals surface area contributed by atoms with E-state index in [1.807, 2.05) is 0 Å². The van der Waals surface area contributed by atoms with E-state index in [4.69, 9.17) is 4.19 Å². The molecule has 2 aliphatic rings. The lowest BCUT2D eigenvalue weighted by Crippen LogP contribution is -2.53. The molecule has 0 aliphatic carbocycles. The molecule has 2 aliphatic heterocycles. The van der Waals surface area contributed by atoms with Gasteiger partial charge in [-0.1, -0.05) is 18.2 Å². The van der Waals surface area contributed by atoms with Crippen molar-refractivity contribution in [2.24, 2.45) is 10.7 Å². The van der Waals surface area contributed by atoms with Gasteiger partial charge in [0, 0.05) is 5.56 Å². The first-order valence-corrected chi connectivity index (χ1v) is 5.14. The second kappa shape index (κ2) is 3.46. The van der Waals surface area contributed by atoms with Crippen LogP contribution in [0.5, 0.6) is 0 Å². The summed E-state index contributed by atoms with van der Waals surface area (Å²) in [4.78, 5) is 41.3. The number of hydrogen-bond acceptors (Lipinski definition) is 6. The van der Waals surface area contributed by atoms with Gasteiger partial charge in [-0.15, -0.1) is 0 Å². The minimum atomic E-state index is -2.48. The Morgan fingerprint density at radius 3 is 3.00 bits per heavy atom. The van der Waals surface area contributed by atoms with Crippen LogP contribution in [0.3, 0.4) is 0 Å². The molecule has 0 aromatic heterocycles. The maximum absolute atomic E-state index is 12.4. The highest BCUT2D eigenvalue weighted by Crippen LogP contribution is 2.42. The number of carbonyl (C=O) groups excluding carboxylic acids is 3. The number of nitrogens with two attached hydrogens (primary N) is 1. The van der Waals surface area contributed by atoms with Gasteiger partial charge in [0.1, 0.15) is 4.81 Å². The van der Waals surface area contributed by atoms with Gasteiger partial charge in [0.15, 0.2) is 14.4 Å². The summed E-state index contributed by atoms with van der Waals surface area (Å²) in [6.07, 6.45) is -1.76. The van der Waals surface area contributed by atoms with E-state index in [0.717, 1.165) is 0 Å². The fourth-order valence-electron chi connectivity index (χ4n) is 2.04. The topological polar surface area (TPSA) is 119 Å². The third kappa shape index (κ3) is 1.35. The van der Waals surface area contributed by atoms with Crippen LogP contribution in [0.25, 0.3) is 0 Å². The van der Waals surface area contributed by atoms with Crippen LogP contribution in [-0.4, -0.2) is 33.6 Å². The number of rotatable bonds is 1. The first-order valence-electron chi connectivity index (χ1n) is 6.54. The van der Waals surface area contributed by atoms with E-state index in [1.54, 1.807) is 6.07 Å². The highest BCUT2D eigenvalue weighted by molar-refractivity contribution is 6.48. The quantitative estimate of drug-likeness (QED) is 0.425. The van der Waals surface area contributed by atoms with E-state index in [-0.39, 0.29) is 11.3 Å². The Hall–Kier alpha value is -2.58. The number of amides is 3. The number of nitrogens with zero attached hydrogens (tertiary/aromatic N) is 2. The normalized spacial score (nSPS) is 33.7. The molecule has 3 N–H and O–H groups in total. The number of fused-ring (bicyclic) bond motifs is 3. The highest BCUT2D eigenvalue weighted by Gasteiger charge is 2.67. The van der Waals surface area contributed by atoms with Gasteiger partial charge < -0.3 is 5.72 Å². The Morgan fingerprint density at radius 1 is 1.53 bits per heavy atom. The van der Waals surface area contributed by atoms with Gasteiger partial charge >= 0.3 is 17.9 Å². The monoisotopic (exact) mass is 265 g/mol. The molecule has 1 fully saturated rings. The van der Waals surface area contributed by atoms with Crippen LogP contribution in [0.4, 0.5) is 10.5 Å². The van der Waals surface area contributed by atoms with Gasteiger partial charge in [0.25, 0.3) is 0 Å². The van der Waals surface area contributed by atoms with Crippen LogP contribution in [0.15, 0.2) is 29.3 Å². The molecule has 2 heterocycles. The molecule has 8 nitrogen and oxygen atoms in total. The lowest BCUT2D eigenvalue weighted by molar-refractivity contribution is -1.11. The fraction of sp³-hybridized carbons (Fsp3) is 0.0909. The fourth-order valence-corrected chi connectivity index (χ4v) is 2.04. The zero-order valence-electron chi connectivity index (χ0n) is 12.2. The third-order valence-corrected chi connectivity index (χ3v) is 2.82. The molecule has 96 valence electrons. The minimum Gasteiger partial charge on any atom is -0.330 e. The number of carbonyl (C=O) groups is 3. The smallest absolute Gasteiger partial charge is 0.330 e. The van der Waals surface area contributed by atoms with E-state index < -0.39 is 40.0 Å². The van der Waals surface area contributed by atoms with Crippen molar-refractivity contribution in [1.29, 1.82) is 0 Å². The number of benzene rings is 1. The van der Waals surface area contributed by atoms with Crippen molar-refractivity contribution in [3.8, 4) is 0 Å². The summed E-state index contributed by atoms with van der Waals surface area (Å²) in [6, 6.07) is 6.01. The van der Waals surface area contributed by atoms with Crippen LogP contribution >= 0.6 is 0 Å². The van der Waals surface area contributed by atoms with Crippen molar-refractivity contribution in [2.75, 3.05) is 0 Å². The van der Waals surface area contributed by atoms with Gasteiger partial charge in [-0.2, -0.15) is 5.21 Å². The molecule has 0 saturated carbocycles. The van der Waals surface area contributed by atoms with Gasteiger partial charge in [-0.3, -0.25) is 0 Å². The average molecular weight is 265 g/mol. The standard InChI is InChI=1S/C11H7N3O5/c12-11(17)19-14(18)9(15)7-5-3-1-2-4-6(5)13-8(7)10(14)16/h1-4,7,18H,(H-,12,17)/p+1/i7D/hD2. The van der Waals surface area contributed by atoms with E-state index >= 15 is 0 Å². The maximum atomic E-state index is 12.4. The van der Waals surface area contributed by atoms with Crippen LogP contribution in [-0.2, 0) is 14.4 Å². The molecular formula is C11H8N3O5+. The summed E-state index contributed by atoms with van der Waals surface area (Å²) in [5, 5.41) is 10.0. The van der Waals surface area contributed by atoms with E-state index in [0.29, 0.717) is 0 Å². The Balaban J connectivity index is 2.10. The summed E-state index contributed by atoms with van der Waals surface area (Å²) in [6.45, 7) is 0. The molecule has 0 spiro atoms. The average Bonchev–Trinajstić information content (AvgIpc) is 2.85. The zero-order chi connectivity index (χ0) is 16.3. The number of aliphatic imine (C=N–C) groups is 1. The molecule has 3 amide bonds. The van der Waals surface area contributed by atoms with Crippen molar-refractivity contribution < 1.29 is 33.4 Å². The molecule has 3 rings (SSSR count). The van der Waals surface area contributed by atoms with Crippen molar-refractivity contribution in [1.82, 2.24) is 0 Å². The van der Waals surface area contributed by atoms with Crippen LogP contribution in [0.2, 0.25) is 2.82 Å². The Bertz CT molecular complexity index is 767. The molecule has 0 radical (unpaired) electrons. The van der Waals surface area contributed by atoms with E-state index in [1.165, 1.54) is 18.2 Å². The van der Waals surface area contributed by atoms with E-state index in [2.05, 4.69) is 9.83 Å². The Morgan fingerprint density at radius 2 is 2.26 bits per heavy atom. The molecule has 0 bridgehead atoms. The van der Waals surface area contributed by atoms with Crippen LogP contribution in [0, 0.1) is 0 Å². The largest absolute Gasteiger partial charge is 0.465 e. The van der Waals surface area contributed by atoms with Crippen molar-refractivity contribution >= 4 is 29.3 Å². The summed E-state index contributed by atoms with van der Waals surface area (Å²) in [7, 11) is 0. The predicted octanol–water partition coefficient (Wildman–Crippen LogP) is 0.139. The maximum Gasteiger partial charge on any atom is 0.465 e. The summed E-state index contributed by atoms with van der Waals surface area (Å²) < 4.78 is 21.6. The molecule has 19 heavy (non-hydrogen) atoms. The molecule has 1 aromatic rings. The predicted molar refractivity (Wildman–Crippen MR) is 59.0 cm³/mol.